The lowest BCUT2D eigenvalue weighted by atomic mass is 10.2. The van der Waals surface area contributed by atoms with Crippen molar-refractivity contribution in [1.82, 2.24) is 4.98 Å². The number of piperazine rings is 1. The number of carbonyl (C=O) groups excluding carboxylic acids is 1. The average molecular weight is 488 g/mol. The molecule has 30 heavy (non-hydrogen) atoms. The van der Waals surface area contributed by atoms with Gasteiger partial charge < -0.3 is 19.9 Å². The molecule has 1 fully saturated rings. The lowest BCUT2D eigenvalue weighted by Gasteiger charge is -2.31. The van der Waals surface area contributed by atoms with Crippen LogP contribution in [0.2, 0.25) is 0 Å². The second-order valence-electron chi connectivity index (χ2n) is 7.22. The van der Waals surface area contributed by atoms with Crippen LogP contribution in [0.1, 0.15) is 0 Å². The maximum absolute atomic E-state index is 12.4. The van der Waals surface area contributed by atoms with Crippen LogP contribution < -0.4 is 19.9 Å². The number of hydrogen-bond acceptors (Lipinski definition) is 5. The summed E-state index contributed by atoms with van der Waals surface area (Å²) < 4.78 is 6.31. The lowest BCUT2D eigenvalue weighted by Crippen LogP contribution is -3.15. The normalized spacial score (nSPS) is 14.5. The van der Waals surface area contributed by atoms with E-state index in [0.717, 1.165) is 58.5 Å². The van der Waals surface area contributed by atoms with E-state index >= 15 is 0 Å². The molecule has 0 atom stereocenters. The van der Waals surface area contributed by atoms with Gasteiger partial charge in [0.05, 0.1) is 39.0 Å². The number of halogens is 1. The van der Waals surface area contributed by atoms with Gasteiger partial charge in [0.2, 0.25) is 0 Å². The zero-order valence-corrected chi connectivity index (χ0v) is 19.1. The number of aromatic nitrogens is 1. The van der Waals surface area contributed by atoms with Crippen molar-refractivity contribution in [3.8, 4) is 17.0 Å². The second-order valence-corrected chi connectivity index (χ2v) is 8.97. The van der Waals surface area contributed by atoms with Gasteiger partial charge >= 0.3 is 0 Å². The molecule has 0 aliphatic carbocycles. The van der Waals surface area contributed by atoms with E-state index in [4.69, 9.17) is 9.72 Å². The number of amides is 1. The summed E-state index contributed by atoms with van der Waals surface area (Å²) in [5.41, 5.74) is 2.86. The molecule has 2 N–H and O–H groups in total. The molecular formula is C22H24BrN4O2S+. The fourth-order valence-corrected chi connectivity index (χ4v) is 4.63. The highest BCUT2D eigenvalue weighted by molar-refractivity contribution is 9.10. The van der Waals surface area contributed by atoms with Crippen molar-refractivity contribution in [2.75, 3.05) is 50.1 Å². The van der Waals surface area contributed by atoms with Crippen LogP contribution in [-0.2, 0) is 4.79 Å². The summed E-state index contributed by atoms with van der Waals surface area (Å²) in [4.78, 5) is 20.8. The molecule has 0 saturated carbocycles. The van der Waals surface area contributed by atoms with Crippen molar-refractivity contribution < 1.29 is 14.4 Å². The Hall–Kier alpha value is -2.42. The molecule has 1 aliphatic rings. The van der Waals surface area contributed by atoms with Crippen molar-refractivity contribution in [3.05, 3.63) is 58.4 Å². The van der Waals surface area contributed by atoms with Crippen LogP contribution in [0.3, 0.4) is 0 Å². The minimum absolute atomic E-state index is 0.0512. The number of benzene rings is 2. The van der Waals surface area contributed by atoms with Gasteiger partial charge in [-0.05, 0) is 36.4 Å². The molecule has 1 saturated heterocycles. The Labute approximate surface area is 188 Å². The fraction of sp³-hybridized carbons (Fsp3) is 0.273. The first-order valence-electron chi connectivity index (χ1n) is 9.84. The molecule has 0 unspecified atom stereocenters. The van der Waals surface area contributed by atoms with Crippen molar-refractivity contribution in [1.29, 1.82) is 0 Å². The minimum atomic E-state index is 0.0512. The molecule has 2 heterocycles. The molecule has 6 nitrogen and oxygen atoms in total. The minimum Gasteiger partial charge on any atom is -0.497 e. The van der Waals surface area contributed by atoms with E-state index in [1.807, 2.05) is 48.5 Å². The number of carbonyl (C=O) groups is 1. The maximum Gasteiger partial charge on any atom is 0.279 e. The van der Waals surface area contributed by atoms with E-state index < -0.39 is 0 Å². The number of ether oxygens (including phenoxy) is 1. The smallest absolute Gasteiger partial charge is 0.279 e. The summed E-state index contributed by atoms with van der Waals surface area (Å²) >= 11 is 5.07. The molecule has 4 rings (SSSR count). The topological polar surface area (TPSA) is 58.9 Å². The number of methoxy groups -OCH3 is 1. The molecule has 0 spiro atoms. The number of rotatable bonds is 6. The quantitative estimate of drug-likeness (QED) is 0.561. The molecule has 156 valence electrons. The highest BCUT2D eigenvalue weighted by atomic mass is 79.9. The van der Waals surface area contributed by atoms with Gasteiger partial charge in [-0.15, -0.1) is 11.3 Å². The highest BCUT2D eigenvalue weighted by Gasteiger charge is 2.24. The molecule has 0 bridgehead atoms. The molecule has 1 amide bonds. The third kappa shape index (κ3) is 5.19. The summed E-state index contributed by atoms with van der Waals surface area (Å²) in [7, 11) is 1.67. The van der Waals surface area contributed by atoms with E-state index in [1.165, 1.54) is 4.90 Å². The Kier molecular flexibility index (Phi) is 6.66. The van der Waals surface area contributed by atoms with E-state index in [2.05, 4.69) is 31.5 Å². The van der Waals surface area contributed by atoms with Crippen LogP contribution in [0.25, 0.3) is 11.3 Å². The molecule has 1 aliphatic heterocycles. The zero-order chi connectivity index (χ0) is 20.9. The number of nitrogens with one attached hydrogen (secondary N) is 2. The molecular weight excluding hydrogens is 464 g/mol. The summed E-state index contributed by atoms with van der Waals surface area (Å²) in [6.07, 6.45) is 0. The van der Waals surface area contributed by atoms with E-state index in [-0.39, 0.29) is 5.91 Å². The van der Waals surface area contributed by atoms with Crippen molar-refractivity contribution >= 4 is 44.0 Å². The fourth-order valence-electron chi connectivity index (χ4n) is 3.48. The summed E-state index contributed by atoms with van der Waals surface area (Å²) in [5.74, 6) is 0.885. The van der Waals surface area contributed by atoms with Gasteiger partial charge in [-0.25, -0.2) is 4.98 Å². The number of thiazole rings is 1. The Morgan fingerprint density at radius 3 is 2.73 bits per heavy atom. The van der Waals surface area contributed by atoms with Gasteiger partial charge in [0.1, 0.15) is 5.75 Å². The number of quaternary nitrogens is 1. The van der Waals surface area contributed by atoms with Crippen LogP contribution in [0.4, 0.5) is 10.8 Å². The van der Waals surface area contributed by atoms with Crippen molar-refractivity contribution in [2.24, 2.45) is 0 Å². The molecule has 0 radical (unpaired) electrons. The first kappa shape index (κ1) is 20.8. The maximum atomic E-state index is 12.4. The monoisotopic (exact) mass is 487 g/mol. The Morgan fingerprint density at radius 1 is 1.23 bits per heavy atom. The Bertz CT molecular complexity index is 1000. The van der Waals surface area contributed by atoms with Crippen LogP contribution in [0.5, 0.6) is 5.75 Å². The molecule has 1 aromatic heterocycles. The standard InChI is InChI=1S/C22H23BrN4O2S/c1-29-19-4-2-3-16(13-19)20-15-30-22(25-20)27-11-9-26(10-12-27)14-21(28)24-18-7-5-17(23)6-8-18/h2-8,13,15H,9-12,14H2,1H3,(H,24,28)/p+1. The molecule has 2 aromatic carbocycles. The summed E-state index contributed by atoms with van der Waals surface area (Å²) in [5, 5.41) is 6.10. The van der Waals surface area contributed by atoms with Crippen LogP contribution in [-0.4, -0.2) is 50.7 Å². The molecule has 8 heteroatoms. The van der Waals surface area contributed by atoms with Gasteiger partial charge in [-0.3, -0.25) is 4.79 Å². The van der Waals surface area contributed by atoms with Crippen LogP contribution in [0, 0.1) is 0 Å². The predicted octanol–water partition coefficient (Wildman–Crippen LogP) is 2.92. The Morgan fingerprint density at radius 2 is 2.00 bits per heavy atom. The Balaban J connectivity index is 1.30. The van der Waals surface area contributed by atoms with Gasteiger partial charge in [0.25, 0.3) is 5.91 Å². The summed E-state index contributed by atoms with van der Waals surface area (Å²) in [6, 6.07) is 15.6. The van der Waals surface area contributed by atoms with Gasteiger partial charge in [-0.2, -0.15) is 0 Å². The summed E-state index contributed by atoms with van der Waals surface area (Å²) in [6.45, 7) is 4.11. The largest absolute Gasteiger partial charge is 0.497 e. The predicted molar refractivity (Wildman–Crippen MR) is 125 cm³/mol. The van der Waals surface area contributed by atoms with E-state index in [9.17, 15) is 4.79 Å². The van der Waals surface area contributed by atoms with E-state index in [0.29, 0.717) is 6.54 Å². The van der Waals surface area contributed by atoms with Gasteiger partial charge in [-0.1, -0.05) is 28.1 Å². The number of nitrogens with zero attached hydrogens (tertiary/aromatic N) is 2. The second kappa shape index (κ2) is 9.59. The first-order valence-corrected chi connectivity index (χ1v) is 11.5. The average Bonchev–Trinajstić information content (AvgIpc) is 3.26. The number of anilines is 2. The number of hydrogen-bond donors (Lipinski definition) is 2. The SMILES string of the molecule is COc1cccc(-c2csc(N3CC[NH+](CC(=O)Nc4ccc(Br)cc4)CC3)n2)c1. The third-order valence-electron chi connectivity index (χ3n) is 5.14. The van der Waals surface area contributed by atoms with Gasteiger partial charge in [0, 0.05) is 21.1 Å². The zero-order valence-electron chi connectivity index (χ0n) is 16.7. The molecule has 3 aromatic rings. The first-order chi connectivity index (χ1) is 14.6. The van der Waals surface area contributed by atoms with Crippen LogP contribution >= 0.6 is 27.3 Å². The highest BCUT2D eigenvalue weighted by Crippen LogP contribution is 2.29. The van der Waals surface area contributed by atoms with E-state index in [1.54, 1.807) is 18.4 Å². The van der Waals surface area contributed by atoms with Crippen LogP contribution in [0.15, 0.2) is 58.4 Å². The third-order valence-corrected chi connectivity index (χ3v) is 6.57. The van der Waals surface area contributed by atoms with Gasteiger partial charge in [0.15, 0.2) is 11.7 Å². The van der Waals surface area contributed by atoms with Crippen molar-refractivity contribution in [3.63, 3.8) is 0 Å². The lowest BCUT2D eigenvalue weighted by molar-refractivity contribution is -0.892. The van der Waals surface area contributed by atoms with Crippen molar-refractivity contribution in [2.45, 2.75) is 0 Å².